The van der Waals surface area contributed by atoms with Gasteiger partial charge in [0, 0.05) is 12.4 Å². The summed E-state index contributed by atoms with van der Waals surface area (Å²) in [5, 5.41) is 7.23. The molecule has 1 N–H and O–H groups in total. The van der Waals surface area contributed by atoms with Crippen molar-refractivity contribution in [3.05, 3.63) is 41.8 Å². The van der Waals surface area contributed by atoms with E-state index in [1.807, 2.05) is 48.8 Å². The summed E-state index contributed by atoms with van der Waals surface area (Å²) in [5.74, 6) is 2.13. The van der Waals surface area contributed by atoms with Crippen LogP contribution in [0, 0.1) is 0 Å². The number of benzene rings is 1. The second-order valence-corrected chi connectivity index (χ2v) is 5.33. The maximum Gasteiger partial charge on any atom is 0.199 e. The summed E-state index contributed by atoms with van der Waals surface area (Å²) in [4.78, 5) is 10.1. The molecular formula is C15H11N3OS. The first kappa shape index (κ1) is 11.4. The Morgan fingerprint density at radius 3 is 2.90 bits per heavy atom. The van der Waals surface area contributed by atoms with Gasteiger partial charge in [-0.2, -0.15) is 0 Å². The Morgan fingerprint density at radius 1 is 1.15 bits per heavy atom. The molecule has 0 aliphatic rings. The van der Waals surface area contributed by atoms with Gasteiger partial charge in [-0.25, -0.2) is 9.97 Å². The minimum absolute atomic E-state index is 0.612. The van der Waals surface area contributed by atoms with Gasteiger partial charge < -0.3 is 9.73 Å². The van der Waals surface area contributed by atoms with Crippen molar-refractivity contribution < 1.29 is 4.42 Å². The summed E-state index contributed by atoms with van der Waals surface area (Å²) in [7, 11) is 1.86. The van der Waals surface area contributed by atoms with E-state index in [0.717, 1.165) is 27.0 Å². The molecule has 20 heavy (non-hydrogen) atoms. The molecule has 0 radical (unpaired) electrons. The van der Waals surface area contributed by atoms with E-state index < -0.39 is 0 Å². The maximum atomic E-state index is 5.83. The third kappa shape index (κ3) is 1.67. The highest BCUT2D eigenvalue weighted by Crippen LogP contribution is 2.30. The molecule has 0 spiro atoms. The topological polar surface area (TPSA) is 51.0 Å². The van der Waals surface area contributed by atoms with E-state index in [0.29, 0.717) is 11.6 Å². The molecule has 0 unspecified atom stereocenters. The number of aromatic nitrogens is 2. The normalized spacial score (nSPS) is 11.2. The molecule has 3 aromatic heterocycles. The van der Waals surface area contributed by atoms with Crippen LogP contribution >= 0.6 is 11.3 Å². The van der Waals surface area contributed by atoms with Crippen molar-refractivity contribution in [1.29, 1.82) is 0 Å². The molecule has 5 heteroatoms. The number of rotatable bonds is 2. The Kier molecular flexibility index (Phi) is 2.47. The second-order valence-electron chi connectivity index (χ2n) is 4.43. The predicted molar refractivity (Wildman–Crippen MR) is 82.2 cm³/mol. The minimum atomic E-state index is 0.612. The van der Waals surface area contributed by atoms with Crippen molar-refractivity contribution in [2.75, 3.05) is 12.4 Å². The number of hydrogen-bond donors (Lipinski definition) is 1. The largest absolute Gasteiger partial charge is 0.453 e. The van der Waals surface area contributed by atoms with Gasteiger partial charge in [-0.1, -0.05) is 18.2 Å². The summed E-state index contributed by atoms with van der Waals surface area (Å²) in [6.45, 7) is 0. The fourth-order valence-corrected chi connectivity index (χ4v) is 3.01. The number of nitrogens with one attached hydrogen (secondary N) is 1. The number of nitrogens with zero attached hydrogens (tertiary/aromatic N) is 2. The van der Waals surface area contributed by atoms with Crippen molar-refractivity contribution in [3.63, 3.8) is 0 Å². The van der Waals surface area contributed by atoms with Crippen LogP contribution < -0.4 is 5.32 Å². The molecule has 98 valence electrons. The molecule has 0 aliphatic carbocycles. The summed E-state index contributed by atoms with van der Waals surface area (Å²) in [6.07, 6.45) is 0. The van der Waals surface area contributed by atoms with Crippen LogP contribution in [0.4, 0.5) is 5.82 Å². The first-order valence-corrected chi connectivity index (χ1v) is 7.15. The first-order valence-electron chi connectivity index (χ1n) is 6.27. The molecular weight excluding hydrogens is 270 g/mol. The predicted octanol–water partition coefficient (Wildman–Crippen LogP) is 4.15. The summed E-state index contributed by atoms with van der Waals surface area (Å²) in [6, 6.07) is 11.9. The van der Waals surface area contributed by atoms with Gasteiger partial charge in [0.2, 0.25) is 0 Å². The van der Waals surface area contributed by atoms with Crippen molar-refractivity contribution in [2.24, 2.45) is 0 Å². The number of fused-ring (bicyclic) bond motifs is 2. The van der Waals surface area contributed by atoms with E-state index in [1.54, 1.807) is 11.3 Å². The van der Waals surface area contributed by atoms with E-state index >= 15 is 0 Å². The Bertz CT molecular complexity index is 877. The van der Waals surface area contributed by atoms with Crippen LogP contribution in [0.25, 0.3) is 32.8 Å². The molecule has 4 nitrogen and oxygen atoms in total. The van der Waals surface area contributed by atoms with Crippen LogP contribution in [-0.2, 0) is 0 Å². The average molecular weight is 281 g/mol. The average Bonchev–Trinajstić information content (AvgIpc) is 3.12. The number of furan rings is 1. The Hall–Kier alpha value is -2.40. The van der Waals surface area contributed by atoms with E-state index in [1.165, 1.54) is 0 Å². The number of anilines is 1. The van der Waals surface area contributed by atoms with Crippen LogP contribution in [0.3, 0.4) is 0 Å². The molecule has 0 fully saturated rings. The highest BCUT2D eigenvalue weighted by Gasteiger charge is 2.13. The lowest BCUT2D eigenvalue weighted by atomic mass is 10.2. The summed E-state index contributed by atoms with van der Waals surface area (Å²) in [5.41, 5.74) is 0.850. The zero-order chi connectivity index (χ0) is 13.5. The monoisotopic (exact) mass is 281 g/mol. The van der Waals surface area contributed by atoms with Crippen molar-refractivity contribution in [2.45, 2.75) is 0 Å². The van der Waals surface area contributed by atoms with Gasteiger partial charge in [-0.15, -0.1) is 11.3 Å². The Balaban J connectivity index is 1.96. The van der Waals surface area contributed by atoms with Crippen LogP contribution in [0.15, 0.2) is 46.2 Å². The third-order valence-corrected chi connectivity index (χ3v) is 4.01. The summed E-state index contributed by atoms with van der Waals surface area (Å²) >= 11 is 1.60. The molecule has 0 saturated carbocycles. The molecule has 4 aromatic rings. The molecule has 0 aliphatic heterocycles. The van der Waals surface area contributed by atoms with Gasteiger partial charge in [-0.3, -0.25) is 0 Å². The second kappa shape index (κ2) is 4.31. The third-order valence-electron chi connectivity index (χ3n) is 3.21. The Morgan fingerprint density at radius 2 is 2.05 bits per heavy atom. The highest BCUT2D eigenvalue weighted by molar-refractivity contribution is 7.16. The number of para-hydroxylation sites is 1. The molecule has 3 heterocycles. The quantitative estimate of drug-likeness (QED) is 0.599. The van der Waals surface area contributed by atoms with Crippen molar-refractivity contribution in [1.82, 2.24) is 9.97 Å². The lowest BCUT2D eigenvalue weighted by Crippen LogP contribution is -1.96. The fourth-order valence-electron chi connectivity index (χ4n) is 2.25. The van der Waals surface area contributed by atoms with Gasteiger partial charge in [0.15, 0.2) is 11.6 Å². The lowest BCUT2D eigenvalue weighted by Gasteiger charge is -2.03. The van der Waals surface area contributed by atoms with Gasteiger partial charge >= 0.3 is 0 Å². The lowest BCUT2D eigenvalue weighted by molar-refractivity contribution is 0.626. The minimum Gasteiger partial charge on any atom is -0.453 e. The molecule has 0 amide bonds. The SMILES string of the molecule is CNc1nc(-c2cc3ccccc3o2)nc2sccc12. The van der Waals surface area contributed by atoms with Gasteiger partial charge in [-0.05, 0) is 23.6 Å². The molecule has 0 atom stereocenters. The van der Waals surface area contributed by atoms with Crippen LogP contribution in [0.5, 0.6) is 0 Å². The zero-order valence-electron chi connectivity index (χ0n) is 10.8. The number of hydrogen-bond acceptors (Lipinski definition) is 5. The molecule has 4 rings (SSSR count). The maximum absolute atomic E-state index is 5.83. The van der Waals surface area contributed by atoms with Crippen LogP contribution in [-0.4, -0.2) is 17.0 Å². The highest BCUT2D eigenvalue weighted by atomic mass is 32.1. The van der Waals surface area contributed by atoms with E-state index in [2.05, 4.69) is 15.3 Å². The van der Waals surface area contributed by atoms with Crippen molar-refractivity contribution >= 4 is 38.3 Å². The molecule has 1 aromatic carbocycles. The van der Waals surface area contributed by atoms with E-state index in [4.69, 9.17) is 4.42 Å². The van der Waals surface area contributed by atoms with Crippen molar-refractivity contribution in [3.8, 4) is 11.6 Å². The van der Waals surface area contributed by atoms with Crippen LogP contribution in [0.2, 0.25) is 0 Å². The standard InChI is InChI=1S/C15H11N3OS/c1-16-13-10-6-7-20-15(10)18-14(17-13)12-8-9-4-2-3-5-11(9)19-12/h2-8H,1H3,(H,16,17,18). The Labute approximate surface area is 119 Å². The zero-order valence-corrected chi connectivity index (χ0v) is 11.6. The van der Waals surface area contributed by atoms with Crippen LogP contribution in [0.1, 0.15) is 0 Å². The number of thiophene rings is 1. The molecule has 0 bridgehead atoms. The first-order chi connectivity index (χ1) is 9.85. The fraction of sp³-hybridized carbons (Fsp3) is 0.0667. The van der Waals surface area contributed by atoms with E-state index in [-0.39, 0.29) is 0 Å². The molecule has 0 saturated heterocycles. The van der Waals surface area contributed by atoms with Gasteiger partial charge in [0.05, 0.1) is 5.39 Å². The smallest absolute Gasteiger partial charge is 0.199 e. The van der Waals surface area contributed by atoms with Gasteiger partial charge in [0.25, 0.3) is 0 Å². The van der Waals surface area contributed by atoms with E-state index in [9.17, 15) is 0 Å². The van der Waals surface area contributed by atoms with Gasteiger partial charge in [0.1, 0.15) is 16.2 Å². The summed E-state index contributed by atoms with van der Waals surface area (Å²) < 4.78 is 5.83.